The van der Waals surface area contributed by atoms with Gasteiger partial charge in [0.15, 0.2) is 0 Å². The van der Waals surface area contributed by atoms with E-state index in [2.05, 4.69) is 0 Å². The van der Waals surface area contributed by atoms with Gasteiger partial charge in [-0.05, 0) is 28.5 Å². The van der Waals surface area contributed by atoms with Crippen molar-refractivity contribution in [2.45, 2.75) is 6.61 Å². The van der Waals surface area contributed by atoms with Crippen molar-refractivity contribution in [3.8, 4) is 5.75 Å². The van der Waals surface area contributed by atoms with E-state index in [4.69, 9.17) is 14.2 Å². The van der Waals surface area contributed by atoms with Crippen molar-refractivity contribution in [3.63, 3.8) is 0 Å². The molecular formula is C22H18O4. The van der Waals surface area contributed by atoms with Crippen molar-refractivity contribution >= 4 is 22.5 Å². The van der Waals surface area contributed by atoms with Gasteiger partial charge < -0.3 is 14.2 Å². The fourth-order valence-electron chi connectivity index (χ4n) is 3.01. The lowest BCUT2D eigenvalue weighted by Crippen LogP contribution is -2.15. The predicted molar refractivity (Wildman–Crippen MR) is 99.6 cm³/mol. The van der Waals surface area contributed by atoms with E-state index in [0.29, 0.717) is 19.0 Å². The Morgan fingerprint density at radius 3 is 2.65 bits per heavy atom. The summed E-state index contributed by atoms with van der Waals surface area (Å²) < 4.78 is 16.7. The second kappa shape index (κ2) is 7.42. The van der Waals surface area contributed by atoms with E-state index in [9.17, 15) is 4.79 Å². The molecule has 0 amide bonds. The van der Waals surface area contributed by atoms with Crippen LogP contribution in [0.3, 0.4) is 0 Å². The Bertz CT molecular complexity index is 960. The molecule has 0 saturated carbocycles. The van der Waals surface area contributed by atoms with Crippen molar-refractivity contribution in [2.75, 3.05) is 13.2 Å². The lowest BCUT2D eigenvalue weighted by Gasteiger charge is -2.20. The van der Waals surface area contributed by atoms with Crippen LogP contribution in [-0.4, -0.2) is 19.2 Å². The van der Waals surface area contributed by atoms with Gasteiger partial charge in [0.1, 0.15) is 24.7 Å². The van der Waals surface area contributed by atoms with Gasteiger partial charge in [0, 0.05) is 0 Å². The molecule has 0 aliphatic carbocycles. The Morgan fingerprint density at radius 2 is 1.77 bits per heavy atom. The molecule has 1 aliphatic rings. The molecule has 0 unspecified atom stereocenters. The Hall–Kier alpha value is -3.11. The summed E-state index contributed by atoms with van der Waals surface area (Å²) in [5, 5.41) is 2.06. The number of ether oxygens (including phenoxy) is 3. The molecule has 4 nitrogen and oxygen atoms in total. The number of benzene rings is 3. The zero-order chi connectivity index (χ0) is 17.8. The molecule has 1 aliphatic heterocycles. The normalized spacial score (nSPS) is 12.8. The monoisotopic (exact) mass is 346 g/mol. The predicted octanol–water partition coefficient (Wildman–Crippen LogP) is 4.33. The van der Waals surface area contributed by atoms with Gasteiger partial charge in [0.05, 0.1) is 12.2 Å². The van der Waals surface area contributed by atoms with Crippen LogP contribution in [0.2, 0.25) is 0 Å². The summed E-state index contributed by atoms with van der Waals surface area (Å²) in [5.41, 5.74) is 1.83. The minimum atomic E-state index is -0.423. The highest BCUT2D eigenvalue weighted by atomic mass is 16.6. The topological polar surface area (TPSA) is 44.8 Å². The van der Waals surface area contributed by atoms with E-state index in [1.54, 1.807) is 6.08 Å². The number of hydrogen-bond acceptors (Lipinski definition) is 4. The van der Waals surface area contributed by atoms with Gasteiger partial charge >= 0.3 is 5.97 Å². The highest BCUT2D eigenvalue weighted by molar-refractivity contribution is 5.97. The van der Waals surface area contributed by atoms with E-state index in [1.807, 2.05) is 66.7 Å². The Kier molecular flexibility index (Phi) is 4.67. The first-order valence-corrected chi connectivity index (χ1v) is 8.49. The van der Waals surface area contributed by atoms with Crippen molar-refractivity contribution in [1.29, 1.82) is 0 Å². The number of rotatable bonds is 5. The second-order valence-corrected chi connectivity index (χ2v) is 5.99. The molecule has 0 bridgehead atoms. The maximum Gasteiger partial charge on any atom is 0.337 e. The largest absolute Gasteiger partial charge is 0.489 e. The van der Waals surface area contributed by atoms with Crippen molar-refractivity contribution in [2.24, 2.45) is 0 Å². The quantitative estimate of drug-likeness (QED) is 0.645. The summed E-state index contributed by atoms with van der Waals surface area (Å²) in [6, 6.07) is 21.6. The van der Waals surface area contributed by atoms with E-state index in [-0.39, 0.29) is 6.61 Å². The van der Waals surface area contributed by atoms with E-state index in [0.717, 1.165) is 27.6 Å². The molecule has 1 heterocycles. The SMILES string of the molecule is O=C(COCc1ccccc1)OC1=CCOc2ccc3ccccc3c21. The molecular weight excluding hydrogens is 328 g/mol. The van der Waals surface area contributed by atoms with Crippen LogP contribution < -0.4 is 4.74 Å². The fraction of sp³-hybridized carbons (Fsp3) is 0.136. The van der Waals surface area contributed by atoms with E-state index < -0.39 is 5.97 Å². The maximum atomic E-state index is 12.2. The molecule has 0 radical (unpaired) electrons. The van der Waals surface area contributed by atoms with E-state index in [1.165, 1.54) is 0 Å². The van der Waals surface area contributed by atoms with Crippen LogP contribution in [0.4, 0.5) is 0 Å². The zero-order valence-corrected chi connectivity index (χ0v) is 14.2. The highest BCUT2D eigenvalue weighted by Crippen LogP contribution is 2.36. The first kappa shape index (κ1) is 16.4. The lowest BCUT2D eigenvalue weighted by molar-refractivity contribution is -0.142. The van der Waals surface area contributed by atoms with Gasteiger partial charge in [0.2, 0.25) is 0 Å². The number of hydrogen-bond donors (Lipinski definition) is 0. The molecule has 0 aromatic heterocycles. The maximum absolute atomic E-state index is 12.2. The number of carbonyl (C=O) groups is 1. The molecule has 26 heavy (non-hydrogen) atoms. The molecule has 0 saturated heterocycles. The minimum Gasteiger partial charge on any atom is -0.489 e. The molecule has 0 atom stereocenters. The molecule has 4 heteroatoms. The second-order valence-electron chi connectivity index (χ2n) is 5.99. The van der Waals surface area contributed by atoms with Crippen LogP contribution in [0.1, 0.15) is 11.1 Å². The first-order valence-electron chi connectivity index (χ1n) is 8.49. The molecule has 4 rings (SSSR count). The summed E-state index contributed by atoms with van der Waals surface area (Å²) in [6.45, 7) is 0.642. The van der Waals surface area contributed by atoms with Gasteiger partial charge in [-0.1, -0.05) is 60.7 Å². The molecule has 3 aromatic rings. The summed E-state index contributed by atoms with van der Waals surface area (Å²) >= 11 is 0. The van der Waals surface area contributed by atoms with Crippen LogP contribution >= 0.6 is 0 Å². The van der Waals surface area contributed by atoms with Crippen LogP contribution in [0.25, 0.3) is 16.5 Å². The van der Waals surface area contributed by atoms with Crippen LogP contribution in [0.15, 0.2) is 72.8 Å². The Balaban J connectivity index is 1.46. The van der Waals surface area contributed by atoms with Gasteiger partial charge in [-0.15, -0.1) is 0 Å². The fourth-order valence-corrected chi connectivity index (χ4v) is 3.01. The number of esters is 1. The van der Waals surface area contributed by atoms with Crippen molar-refractivity contribution in [1.82, 2.24) is 0 Å². The highest BCUT2D eigenvalue weighted by Gasteiger charge is 2.20. The molecule has 3 aromatic carbocycles. The molecule has 0 fully saturated rings. The third-order valence-electron chi connectivity index (χ3n) is 4.20. The van der Waals surface area contributed by atoms with Gasteiger partial charge in [-0.2, -0.15) is 0 Å². The Morgan fingerprint density at radius 1 is 0.962 bits per heavy atom. The molecule has 130 valence electrons. The number of carbonyl (C=O) groups excluding carboxylic acids is 1. The van der Waals surface area contributed by atoms with Crippen LogP contribution in [0, 0.1) is 0 Å². The lowest BCUT2D eigenvalue weighted by atomic mass is 10.0. The van der Waals surface area contributed by atoms with Crippen LogP contribution in [0.5, 0.6) is 5.75 Å². The average molecular weight is 346 g/mol. The standard InChI is InChI=1S/C22H18O4/c23-21(15-24-14-16-6-2-1-3-7-16)26-20-12-13-25-19-11-10-17-8-4-5-9-18(17)22(19)20/h1-12H,13-15H2. The first-order chi connectivity index (χ1) is 12.8. The summed E-state index contributed by atoms with van der Waals surface area (Å²) in [5.74, 6) is 0.823. The van der Waals surface area contributed by atoms with Crippen LogP contribution in [-0.2, 0) is 20.9 Å². The Labute approximate surface area is 151 Å². The van der Waals surface area contributed by atoms with Crippen molar-refractivity contribution in [3.05, 3.63) is 83.9 Å². The summed E-state index contributed by atoms with van der Waals surface area (Å²) in [7, 11) is 0. The molecule has 0 spiro atoms. The third kappa shape index (κ3) is 3.46. The van der Waals surface area contributed by atoms with Gasteiger partial charge in [-0.25, -0.2) is 4.79 Å². The summed E-state index contributed by atoms with van der Waals surface area (Å²) in [4.78, 5) is 12.2. The smallest absolute Gasteiger partial charge is 0.337 e. The van der Waals surface area contributed by atoms with Gasteiger partial charge in [0.25, 0.3) is 0 Å². The average Bonchev–Trinajstić information content (AvgIpc) is 2.69. The number of fused-ring (bicyclic) bond motifs is 3. The van der Waals surface area contributed by atoms with Crippen molar-refractivity contribution < 1.29 is 19.0 Å². The summed E-state index contributed by atoms with van der Waals surface area (Å²) in [6.07, 6.45) is 1.78. The molecule has 0 N–H and O–H groups in total. The zero-order valence-electron chi connectivity index (χ0n) is 14.2. The van der Waals surface area contributed by atoms with E-state index >= 15 is 0 Å². The third-order valence-corrected chi connectivity index (χ3v) is 4.20. The van der Waals surface area contributed by atoms with Gasteiger partial charge in [-0.3, -0.25) is 0 Å². The minimum absolute atomic E-state index is 0.104.